The Morgan fingerprint density at radius 3 is 1.00 bits per heavy atom. The van der Waals surface area contributed by atoms with E-state index in [2.05, 4.69) is 28.4 Å². The second-order valence-electron chi connectivity index (χ2n) is 0. The van der Waals surface area contributed by atoms with Gasteiger partial charge < -0.3 is 0 Å². The molecular weight excluding hydrogens is 433 g/mol. The second kappa shape index (κ2) is 38.3. The van der Waals surface area contributed by atoms with E-state index in [0.29, 0.717) is 0 Å². The molecule has 0 aliphatic carbocycles. The van der Waals surface area contributed by atoms with Crippen molar-refractivity contribution in [3.05, 3.63) is 0 Å². The summed E-state index contributed by atoms with van der Waals surface area (Å²) in [6.45, 7) is 0. The van der Waals surface area contributed by atoms with Crippen LogP contribution in [0.4, 0.5) is 0 Å². The van der Waals surface area contributed by atoms with E-state index in [0.717, 1.165) is 0 Å². The Morgan fingerprint density at radius 1 is 1.00 bits per heavy atom. The first-order chi connectivity index (χ1) is 1.00. The molecule has 0 rings (SSSR count). The van der Waals surface area contributed by atoms with Crippen LogP contribution >= 0.6 is 0 Å². The van der Waals surface area contributed by atoms with Gasteiger partial charge in [0, 0.05) is 17.1 Å². The first kappa shape index (κ1) is 33.6. The fraction of sp³-hybridized carbons (Fsp3) is 0. The fourth-order valence-corrected chi connectivity index (χ4v) is 0. The Balaban J connectivity index is -0.000000000833. The zero-order chi connectivity index (χ0) is 2.00. The van der Waals surface area contributed by atoms with Gasteiger partial charge in [-0.1, -0.05) is 0 Å². The molecule has 0 aromatic heterocycles. The predicted molar refractivity (Wildman–Crippen MR) is 44.1 cm³/mol. The van der Waals surface area contributed by atoms with Crippen LogP contribution in [0.3, 0.4) is 0 Å². The molecule has 6 heavy (non-hydrogen) atoms. The molecule has 0 bridgehead atoms. The van der Waals surface area contributed by atoms with Crippen LogP contribution in [0.25, 0.3) is 0 Å². The van der Waals surface area contributed by atoms with Crippen LogP contribution in [0.5, 0.6) is 0 Å². The van der Waals surface area contributed by atoms with Gasteiger partial charge in [-0.05, 0) is 0 Å². The summed E-state index contributed by atoms with van der Waals surface area (Å²) in [4.78, 5) is 0. The summed E-state index contributed by atoms with van der Waals surface area (Å²) in [6, 6.07) is 0. The van der Waals surface area contributed by atoms with E-state index in [1.807, 2.05) is 0 Å². The average molecular weight is 444 g/mol. The molecule has 0 N–H and O–H groups in total. The molecule has 0 unspecified atom stereocenters. The Hall–Kier alpha value is 3.60. The molecule has 6 heteroatoms. The van der Waals surface area contributed by atoms with Crippen LogP contribution in [-0.4, -0.2) is 91.4 Å². The molecule has 0 saturated carbocycles. The van der Waals surface area contributed by atoms with E-state index in [1.54, 1.807) is 0 Å². The van der Waals surface area contributed by atoms with Crippen molar-refractivity contribution in [2.24, 2.45) is 0 Å². The molecule has 0 atom stereocenters. The Bertz CT molecular complexity index is 13.5. The van der Waals surface area contributed by atoms with Gasteiger partial charge in [-0.15, -0.1) is 0 Å². The van der Waals surface area contributed by atoms with E-state index in [1.165, 1.54) is 0 Å². The van der Waals surface area contributed by atoms with Crippen molar-refractivity contribution in [3.8, 4) is 0 Å². The van der Waals surface area contributed by atoms with E-state index in [4.69, 9.17) is 0 Å². The molecule has 0 spiro atoms. The molecule has 43 valence electrons. The average Bonchev–Trinajstić information content (AvgIpc) is 1.00. The van der Waals surface area contributed by atoms with Crippen molar-refractivity contribution in [2.75, 3.05) is 0 Å². The number of hydrogen-bond donors (Lipinski definition) is 0. The van der Waals surface area contributed by atoms with Gasteiger partial charge in [0.2, 0.25) is 0 Å². The molecule has 0 heterocycles. The van der Waals surface area contributed by atoms with E-state index in [9.17, 15) is 0 Å². The number of hydrogen-bond acceptors (Lipinski definition) is 0. The second-order valence-corrected chi connectivity index (χ2v) is 0. The third-order valence-electron chi connectivity index (χ3n) is 0. The molecule has 0 aromatic carbocycles. The van der Waals surface area contributed by atoms with Crippen LogP contribution in [0, 0.1) is 0 Å². The van der Waals surface area contributed by atoms with Crippen LogP contribution in [-0.2, 0) is 17.1 Å². The van der Waals surface area contributed by atoms with Crippen molar-refractivity contribution < 1.29 is 17.1 Å². The van der Waals surface area contributed by atoms with Crippen molar-refractivity contribution in [1.82, 2.24) is 0 Å². The Labute approximate surface area is 106 Å². The van der Waals surface area contributed by atoms with Gasteiger partial charge in [0.15, 0.2) is 17.4 Å². The third kappa shape index (κ3) is 25.6. The molecule has 0 aliphatic heterocycles. The van der Waals surface area contributed by atoms with Gasteiger partial charge in [-0.25, -0.2) is 0 Å². The standard InChI is InChI=1S/Al.Cu.Ga.In.H2Se2.9H/c;;;;1-2;;;;;;;;;/h;;;;1-2H;;;;;;;;;. The van der Waals surface area contributed by atoms with Gasteiger partial charge in [0.05, 0.1) is 0 Å². The van der Waals surface area contributed by atoms with Crippen molar-refractivity contribution >= 4 is 91.4 Å². The number of rotatable bonds is 0. The molecule has 0 fully saturated rings. The SMILES string of the molecule is [AlH3].[Cu].[GaH3].[InH3].[SeH][SeH]. The molecule has 0 saturated heterocycles. The molecule has 0 aromatic rings. The third-order valence-corrected chi connectivity index (χ3v) is 0. The summed E-state index contributed by atoms with van der Waals surface area (Å²) in [5.74, 6) is 0. The fourth-order valence-electron chi connectivity index (χ4n) is 0. The van der Waals surface area contributed by atoms with Gasteiger partial charge in [-0.3, -0.25) is 0 Å². The van der Waals surface area contributed by atoms with Crippen LogP contribution in [0.1, 0.15) is 0 Å². The molecule has 1 radical (unpaired) electrons. The van der Waals surface area contributed by atoms with Gasteiger partial charge in [0.25, 0.3) is 0 Å². The van der Waals surface area contributed by atoms with E-state index < -0.39 is 0 Å². The Kier molecular flexibility index (Phi) is 215. The van der Waals surface area contributed by atoms with Crippen molar-refractivity contribution in [2.45, 2.75) is 0 Å². The maximum absolute atomic E-state index is 2.25. The molecule has 0 nitrogen and oxygen atoms in total. The summed E-state index contributed by atoms with van der Waals surface area (Å²) in [5.41, 5.74) is 0. The minimum absolute atomic E-state index is 0. The van der Waals surface area contributed by atoms with E-state index in [-0.39, 0.29) is 80.1 Å². The maximum atomic E-state index is 2.25. The first-order valence-corrected chi connectivity index (χ1v) is 5.40. The summed E-state index contributed by atoms with van der Waals surface area (Å²) in [5, 5.41) is 0. The summed E-state index contributed by atoms with van der Waals surface area (Å²) >= 11 is 4.50. The zero-order valence-electron chi connectivity index (χ0n) is 1.20. The topological polar surface area (TPSA) is 0 Å². The monoisotopic (exact) mass is 445 g/mol. The van der Waals surface area contributed by atoms with Gasteiger partial charge in [-0.2, -0.15) is 0 Å². The summed E-state index contributed by atoms with van der Waals surface area (Å²) < 4.78 is 0. The van der Waals surface area contributed by atoms with Crippen molar-refractivity contribution in [1.29, 1.82) is 0 Å². The van der Waals surface area contributed by atoms with Crippen molar-refractivity contribution in [3.63, 3.8) is 0 Å². The summed E-state index contributed by atoms with van der Waals surface area (Å²) in [7, 11) is 0. The van der Waals surface area contributed by atoms with Crippen LogP contribution < -0.4 is 0 Å². The van der Waals surface area contributed by atoms with Gasteiger partial charge >= 0.3 is 74.0 Å². The summed E-state index contributed by atoms with van der Waals surface area (Å²) in [6.07, 6.45) is 0. The first-order valence-electron chi connectivity index (χ1n) is 0.200. The predicted octanol–water partition coefficient (Wildman–Crippen LogP) is -4.85. The van der Waals surface area contributed by atoms with Crippen LogP contribution in [0.2, 0.25) is 0 Å². The minimum atomic E-state index is 0. The van der Waals surface area contributed by atoms with Gasteiger partial charge in [0.1, 0.15) is 0 Å². The molecule has 0 amide bonds. The molecule has 0 aliphatic rings. The van der Waals surface area contributed by atoms with E-state index >= 15 is 0 Å². The quantitative estimate of drug-likeness (QED) is 0.329. The Morgan fingerprint density at radius 2 is 1.00 bits per heavy atom. The normalized spacial score (nSPS) is 1.00. The van der Waals surface area contributed by atoms with Crippen LogP contribution in [0.15, 0.2) is 0 Å². The molecular formula is H11AlCuGaInSe2. The zero-order valence-corrected chi connectivity index (χ0v) is 5.89.